The number of halogens is 1. The summed E-state index contributed by atoms with van der Waals surface area (Å²) in [7, 11) is 1.57. The van der Waals surface area contributed by atoms with E-state index in [0.29, 0.717) is 16.5 Å². The van der Waals surface area contributed by atoms with Crippen molar-refractivity contribution in [3.63, 3.8) is 0 Å². The van der Waals surface area contributed by atoms with Crippen LogP contribution in [-0.4, -0.2) is 13.0 Å². The number of ether oxygens (including phenoxy) is 1. The highest BCUT2D eigenvalue weighted by atomic mass is 35.5. The zero-order chi connectivity index (χ0) is 14.8. The van der Waals surface area contributed by atoms with Crippen molar-refractivity contribution in [3.8, 4) is 5.75 Å². The van der Waals surface area contributed by atoms with E-state index in [-0.39, 0.29) is 5.91 Å². The van der Waals surface area contributed by atoms with Gasteiger partial charge in [0.25, 0.3) is 5.91 Å². The largest absolute Gasteiger partial charge is 0.495 e. The first-order valence-corrected chi connectivity index (χ1v) is 8.19. The van der Waals surface area contributed by atoms with Crippen molar-refractivity contribution in [2.45, 2.75) is 25.7 Å². The van der Waals surface area contributed by atoms with E-state index >= 15 is 0 Å². The minimum Gasteiger partial charge on any atom is -0.495 e. The lowest BCUT2D eigenvalue weighted by atomic mass is 9.95. The summed E-state index contributed by atoms with van der Waals surface area (Å²) in [6, 6.07) is 5.25. The molecule has 2 aromatic rings. The molecule has 0 unspecified atom stereocenters. The maximum Gasteiger partial charge on any atom is 0.256 e. The molecular weight excluding hydrogens is 306 g/mol. The molecular formula is C16H16ClNO2S. The molecule has 1 aliphatic carbocycles. The number of nitrogens with one attached hydrogen (secondary N) is 1. The fourth-order valence-electron chi connectivity index (χ4n) is 2.63. The molecule has 0 aliphatic heterocycles. The molecule has 0 spiro atoms. The van der Waals surface area contributed by atoms with E-state index < -0.39 is 0 Å². The van der Waals surface area contributed by atoms with E-state index in [1.165, 1.54) is 23.3 Å². The summed E-state index contributed by atoms with van der Waals surface area (Å²) in [6.07, 6.45) is 4.49. The maximum absolute atomic E-state index is 12.4. The van der Waals surface area contributed by atoms with E-state index in [1.807, 2.05) is 5.38 Å². The smallest absolute Gasteiger partial charge is 0.256 e. The number of anilines is 1. The van der Waals surface area contributed by atoms with Gasteiger partial charge in [0.1, 0.15) is 5.75 Å². The van der Waals surface area contributed by atoms with Gasteiger partial charge >= 0.3 is 0 Å². The molecule has 0 radical (unpaired) electrons. The molecule has 3 rings (SSSR count). The number of rotatable bonds is 3. The number of aryl methyl sites for hydroxylation is 1. The van der Waals surface area contributed by atoms with Crippen molar-refractivity contribution in [1.29, 1.82) is 0 Å². The molecule has 0 atom stereocenters. The lowest BCUT2D eigenvalue weighted by molar-refractivity contribution is 0.102. The topological polar surface area (TPSA) is 38.3 Å². The van der Waals surface area contributed by atoms with Gasteiger partial charge in [-0.3, -0.25) is 4.79 Å². The summed E-state index contributed by atoms with van der Waals surface area (Å²) >= 11 is 7.77. The van der Waals surface area contributed by atoms with E-state index in [4.69, 9.17) is 16.3 Å². The third kappa shape index (κ3) is 2.92. The van der Waals surface area contributed by atoms with Crippen LogP contribution < -0.4 is 10.1 Å². The van der Waals surface area contributed by atoms with Crippen LogP contribution in [0, 0.1) is 0 Å². The standard InChI is InChI=1S/C16H16ClNO2S/c1-20-14-7-6-10(8-13(14)17)18-16(19)12-9-21-15-5-3-2-4-11(12)15/h6-9H,2-5H2,1H3,(H,18,19). The number of amides is 1. The molecule has 0 bridgehead atoms. The number of hydrogen-bond donors (Lipinski definition) is 1. The van der Waals surface area contributed by atoms with Crippen LogP contribution in [0.1, 0.15) is 33.6 Å². The highest BCUT2D eigenvalue weighted by Crippen LogP contribution is 2.31. The van der Waals surface area contributed by atoms with E-state index in [1.54, 1.807) is 36.6 Å². The van der Waals surface area contributed by atoms with Crippen molar-refractivity contribution in [1.82, 2.24) is 0 Å². The SMILES string of the molecule is COc1ccc(NC(=O)c2csc3c2CCCC3)cc1Cl. The Kier molecular flexibility index (Phi) is 4.17. The normalized spacial score (nSPS) is 13.6. The second-order valence-corrected chi connectivity index (χ2v) is 6.43. The van der Waals surface area contributed by atoms with Crippen LogP contribution in [0.4, 0.5) is 5.69 Å². The van der Waals surface area contributed by atoms with Crippen LogP contribution >= 0.6 is 22.9 Å². The first-order valence-electron chi connectivity index (χ1n) is 6.93. The molecule has 1 aromatic carbocycles. The lowest BCUT2D eigenvalue weighted by Gasteiger charge is -2.13. The Morgan fingerprint density at radius 1 is 1.33 bits per heavy atom. The summed E-state index contributed by atoms with van der Waals surface area (Å²) < 4.78 is 5.11. The predicted octanol–water partition coefficient (Wildman–Crippen LogP) is 4.54. The third-order valence-electron chi connectivity index (χ3n) is 3.72. The highest BCUT2D eigenvalue weighted by Gasteiger charge is 2.20. The number of thiophene rings is 1. The van der Waals surface area contributed by atoms with Crippen molar-refractivity contribution < 1.29 is 9.53 Å². The second-order valence-electron chi connectivity index (χ2n) is 5.06. The van der Waals surface area contributed by atoms with Gasteiger partial charge in [-0.2, -0.15) is 0 Å². The zero-order valence-electron chi connectivity index (χ0n) is 11.7. The van der Waals surface area contributed by atoms with Crippen LogP contribution in [0.25, 0.3) is 0 Å². The van der Waals surface area contributed by atoms with Crippen molar-refractivity contribution >= 4 is 34.5 Å². The first-order chi connectivity index (χ1) is 10.2. The van der Waals surface area contributed by atoms with Gasteiger partial charge in [-0.1, -0.05) is 11.6 Å². The van der Waals surface area contributed by atoms with Gasteiger partial charge in [0.15, 0.2) is 0 Å². The highest BCUT2D eigenvalue weighted by molar-refractivity contribution is 7.10. The molecule has 1 heterocycles. The van der Waals surface area contributed by atoms with Gasteiger partial charge in [0.2, 0.25) is 0 Å². The Bertz CT molecular complexity index is 681. The molecule has 1 N–H and O–H groups in total. The molecule has 21 heavy (non-hydrogen) atoms. The van der Waals surface area contributed by atoms with Crippen LogP contribution in [0.2, 0.25) is 5.02 Å². The Hall–Kier alpha value is -1.52. The maximum atomic E-state index is 12.4. The van der Waals surface area contributed by atoms with Crippen molar-refractivity contribution in [3.05, 3.63) is 44.6 Å². The Morgan fingerprint density at radius 3 is 2.90 bits per heavy atom. The van der Waals surface area contributed by atoms with Crippen molar-refractivity contribution in [2.75, 3.05) is 12.4 Å². The van der Waals surface area contributed by atoms with E-state index in [9.17, 15) is 4.79 Å². The summed E-state index contributed by atoms with van der Waals surface area (Å²) in [6.45, 7) is 0. The number of carbonyl (C=O) groups is 1. The zero-order valence-corrected chi connectivity index (χ0v) is 13.3. The molecule has 0 saturated heterocycles. The number of fused-ring (bicyclic) bond motifs is 1. The molecule has 1 aromatic heterocycles. The van der Waals surface area contributed by atoms with Crippen molar-refractivity contribution in [2.24, 2.45) is 0 Å². The molecule has 1 amide bonds. The molecule has 1 aliphatic rings. The summed E-state index contributed by atoms with van der Waals surface area (Å²) in [5.41, 5.74) is 2.71. The Labute approximate surface area is 132 Å². The average molecular weight is 322 g/mol. The van der Waals surface area contributed by atoms with Gasteiger partial charge in [-0.05, 0) is 49.4 Å². The lowest BCUT2D eigenvalue weighted by Crippen LogP contribution is -2.14. The van der Waals surface area contributed by atoms with Gasteiger partial charge in [0, 0.05) is 15.9 Å². The fraction of sp³-hybridized carbons (Fsp3) is 0.312. The summed E-state index contributed by atoms with van der Waals surface area (Å²) in [5.74, 6) is 0.540. The number of benzene rings is 1. The van der Waals surface area contributed by atoms with E-state index in [0.717, 1.165) is 18.4 Å². The van der Waals surface area contributed by atoms with Crippen LogP contribution in [0.3, 0.4) is 0 Å². The number of carbonyl (C=O) groups excluding carboxylic acids is 1. The van der Waals surface area contributed by atoms with E-state index in [2.05, 4.69) is 5.32 Å². The van der Waals surface area contributed by atoms with Crippen LogP contribution in [-0.2, 0) is 12.8 Å². The predicted molar refractivity (Wildman–Crippen MR) is 86.9 cm³/mol. The minimum absolute atomic E-state index is 0.0596. The first kappa shape index (κ1) is 14.4. The molecule has 110 valence electrons. The van der Waals surface area contributed by atoms with Crippen LogP contribution in [0.5, 0.6) is 5.75 Å². The van der Waals surface area contributed by atoms with Gasteiger partial charge in [-0.25, -0.2) is 0 Å². The Balaban J connectivity index is 1.80. The van der Waals surface area contributed by atoms with Gasteiger partial charge < -0.3 is 10.1 Å². The summed E-state index contributed by atoms with van der Waals surface area (Å²) in [5, 5.41) is 5.37. The average Bonchev–Trinajstić information content (AvgIpc) is 2.91. The third-order valence-corrected chi connectivity index (χ3v) is 5.10. The number of methoxy groups -OCH3 is 1. The fourth-order valence-corrected chi connectivity index (χ4v) is 4.01. The van der Waals surface area contributed by atoms with Gasteiger partial charge in [0.05, 0.1) is 17.7 Å². The molecule has 3 nitrogen and oxygen atoms in total. The minimum atomic E-state index is -0.0596. The molecule has 0 fully saturated rings. The van der Waals surface area contributed by atoms with Gasteiger partial charge in [-0.15, -0.1) is 11.3 Å². The molecule has 5 heteroatoms. The number of hydrogen-bond acceptors (Lipinski definition) is 3. The molecule has 0 saturated carbocycles. The Morgan fingerprint density at radius 2 is 2.14 bits per heavy atom. The summed E-state index contributed by atoms with van der Waals surface area (Å²) in [4.78, 5) is 13.8. The van der Waals surface area contributed by atoms with Crippen LogP contribution in [0.15, 0.2) is 23.6 Å². The second kappa shape index (κ2) is 6.08. The monoisotopic (exact) mass is 321 g/mol. The quantitative estimate of drug-likeness (QED) is 0.901.